The first-order valence-electron chi connectivity index (χ1n) is 10.2. The molecule has 0 radical (unpaired) electrons. The van der Waals surface area contributed by atoms with Crippen molar-refractivity contribution in [3.8, 4) is 6.07 Å². The minimum Gasteiger partial charge on any atom is -0.362 e. The van der Waals surface area contributed by atoms with Gasteiger partial charge in [-0.15, -0.1) is 0 Å². The molecular weight excluding hydrogens is 371 g/mol. The van der Waals surface area contributed by atoms with E-state index in [0.717, 1.165) is 19.6 Å². The number of hydrogen-bond donors (Lipinski definition) is 1. The zero-order valence-corrected chi connectivity index (χ0v) is 16.6. The summed E-state index contributed by atoms with van der Waals surface area (Å²) < 4.78 is 13.5. The molecule has 152 valence electrons. The Bertz CT molecular complexity index is 896. The van der Waals surface area contributed by atoms with Crippen LogP contribution in [0.3, 0.4) is 0 Å². The van der Waals surface area contributed by atoms with Gasteiger partial charge in [0.05, 0.1) is 5.92 Å². The number of piperazine rings is 1. The first-order valence-corrected chi connectivity index (χ1v) is 10.2. The van der Waals surface area contributed by atoms with Crippen molar-refractivity contribution in [2.24, 2.45) is 0 Å². The third kappa shape index (κ3) is 3.22. The molecule has 1 saturated heterocycles. The van der Waals surface area contributed by atoms with Gasteiger partial charge in [0.25, 0.3) is 5.91 Å². The van der Waals surface area contributed by atoms with Crippen molar-refractivity contribution >= 4 is 11.7 Å². The number of nitriles is 1. The van der Waals surface area contributed by atoms with Crippen LogP contribution in [-0.4, -0.2) is 59.8 Å². The molecule has 4 rings (SSSR count). The lowest BCUT2D eigenvalue weighted by atomic mass is 9.74. The second kappa shape index (κ2) is 7.60. The van der Waals surface area contributed by atoms with Gasteiger partial charge in [0.1, 0.15) is 11.9 Å². The van der Waals surface area contributed by atoms with E-state index in [1.54, 1.807) is 17.0 Å². The Labute approximate surface area is 170 Å². The molecule has 1 N–H and O–H groups in total. The summed E-state index contributed by atoms with van der Waals surface area (Å²) in [7, 11) is 0. The summed E-state index contributed by atoms with van der Waals surface area (Å²) in [5.74, 6) is -1.46. The maximum atomic E-state index is 13.7. The molecule has 0 spiro atoms. The standard InChI is InChI=1S/C22H25FN4O2/c1-2-26-10-12-27(13-11-26)21(29)22(14-24)20(15-6-8-16(23)9-7-15)19-17(25-22)4-3-5-18(19)28/h6-9,20,25H,2-5,10-13H2,1H3. The number of nitrogens with zero attached hydrogens (tertiary/aromatic N) is 3. The molecular formula is C22H25FN4O2. The van der Waals surface area contributed by atoms with Gasteiger partial charge < -0.3 is 15.1 Å². The molecule has 2 atom stereocenters. The Morgan fingerprint density at radius 3 is 2.55 bits per heavy atom. The van der Waals surface area contributed by atoms with Crippen LogP contribution in [0.2, 0.25) is 0 Å². The largest absolute Gasteiger partial charge is 0.362 e. The summed E-state index contributed by atoms with van der Waals surface area (Å²) in [5, 5.41) is 13.4. The van der Waals surface area contributed by atoms with Gasteiger partial charge in [-0.05, 0) is 37.1 Å². The number of hydrogen-bond acceptors (Lipinski definition) is 5. The van der Waals surface area contributed by atoms with Crippen molar-refractivity contribution in [1.82, 2.24) is 15.1 Å². The first-order chi connectivity index (χ1) is 14.0. The molecule has 1 aromatic rings. The van der Waals surface area contributed by atoms with Gasteiger partial charge in [0, 0.05) is 43.9 Å². The molecule has 1 aliphatic carbocycles. The Kier molecular flexibility index (Phi) is 5.13. The molecule has 1 amide bonds. The number of Topliss-reactive ketones (excluding diaryl/α,β-unsaturated/α-hetero) is 1. The Morgan fingerprint density at radius 2 is 1.93 bits per heavy atom. The van der Waals surface area contributed by atoms with Crippen molar-refractivity contribution in [2.45, 2.75) is 37.6 Å². The molecule has 1 fully saturated rings. The number of ketones is 1. The Balaban J connectivity index is 1.75. The van der Waals surface area contributed by atoms with Crippen LogP contribution in [0, 0.1) is 17.1 Å². The number of nitrogens with one attached hydrogen (secondary N) is 1. The SMILES string of the molecule is CCN1CCN(C(=O)C2(C#N)NC3=C(C(=O)CCC3)C2c2ccc(F)cc2)CC1. The van der Waals surface area contributed by atoms with Crippen LogP contribution in [0.15, 0.2) is 35.5 Å². The normalized spacial score (nSPS) is 27.4. The van der Waals surface area contributed by atoms with Gasteiger partial charge in [-0.25, -0.2) is 4.39 Å². The minimum absolute atomic E-state index is 0.0335. The van der Waals surface area contributed by atoms with E-state index in [1.165, 1.54) is 12.1 Å². The number of carbonyl (C=O) groups excluding carboxylic acids is 2. The molecule has 2 aliphatic heterocycles. The number of carbonyl (C=O) groups is 2. The van der Waals surface area contributed by atoms with Crippen LogP contribution in [0.25, 0.3) is 0 Å². The van der Waals surface area contributed by atoms with Crippen molar-refractivity contribution in [3.63, 3.8) is 0 Å². The number of benzene rings is 1. The van der Waals surface area contributed by atoms with Crippen LogP contribution in [0.4, 0.5) is 4.39 Å². The fourth-order valence-corrected chi connectivity index (χ4v) is 4.76. The zero-order chi connectivity index (χ0) is 20.6. The Morgan fingerprint density at radius 1 is 1.24 bits per heavy atom. The topological polar surface area (TPSA) is 76.4 Å². The fourth-order valence-electron chi connectivity index (χ4n) is 4.76. The quantitative estimate of drug-likeness (QED) is 0.845. The van der Waals surface area contributed by atoms with Gasteiger partial charge in [-0.2, -0.15) is 5.26 Å². The summed E-state index contributed by atoms with van der Waals surface area (Å²) in [6, 6.07) is 8.02. The summed E-state index contributed by atoms with van der Waals surface area (Å²) in [5.41, 5.74) is 0.250. The van der Waals surface area contributed by atoms with E-state index in [4.69, 9.17) is 0 Å². The van der Waals surface area contributed by atoms with Crippen molar-refractivity contribution in [3.05, 3.63) is 46.9 Å². The highest BCUT2D eigenvalue weighted by Gasteiger charge is 2.57. The van der Waals surface area contributed by atoms with Gasteiger partial charge in [0.2, 0.25) is 5.54 Å². The van der Waals surface area contributed by atoms with E-state index < -0.39 is 17.3 Å². The van der Waals surface area contributed by atoms with E-state index in [9.17, 15) is 19.2 Å². The van der Waals surface area contributed by atoms with E-state index >= 15 is 0 Å². The lowest BCUT2D eigenvalue weighted by Crippen LogP contribution is -2.61. The number of halogens is 1. The summed E-state index contributed by atoms with van der Waals surface area (Å²) in [4.78, 5) is 30.4. The average molecular weight is 396 g/mol. The fraction of sp³-hybridized carbons (Fsp3) is 0.500. The Hall–Kier alpha value is -2.72. The lowest BCUT2D eigenvalue weighted by molar-refractivity contribution is -0.137. The van der Waals surface area contributed by atoms with Crippen molar-refractivity contribution < 1.29 is 14.0 Å². The lowest BCUT2D eigenvalue weighted by Gasteiger charge is -2.39. The van der Waals surface area contributed by atoms with Gasteiger partial charge in [0.15, 0.2) is 5.78 Å². The van der Waals surface area contributed by atoms with E-state index in [-0.39, 0.29) is 11.7 Å². The maximum Gasteiger partial charge on any atom is 0.264 e. The van der Waals surface area contributed by atoms with Crippen LogP contribution < -0.4 is 5.32 Å². The smallest absolute Gasteiger partial charge is 0.264 e. The average Bonchev–Trinajstić information content (AvgIpc) is 3.10. The van der Waals surface area contributed by atoms with Crippen LogP contribution >= 0.6 is 0 Å². The second-order valence-corrected chi connectivity index (χ2v) is 7.92. The van der Waals surface area contributed by atoms with Crippen LogP contribution in [-0.2, 0) is 9.59 Å². The molecule has 0 aromatic heterocycles. The third-order valence-electron chi connectivity index (χ3n) is 6.35. The summed E-state index contributed by atoms with van der Waals surface area (Å²) in [6.45, 7) is 5.63. The van der Waals surface area contributed by atoms with Gasteiger partial charge >= 0.3 is 0 Å². The van der Waals surface area contributed by atoms with E-state index in [0.29, 0.717) is 49.2 Å². The maximum absolute atomic E-state index is 13.7. The molecule has 2 unspecified atom stereocenters. The highest BCUT2D eigenvalue weighted by molar-refractivity contribution is 6.04. The molecule has 7 heteroatoms. The molecule has 6 nitrogen and oxygen atoms in total. The van der Waals surface area contributed by atoms with Crippen LogP contribution in [0.5, 0.6) is 0 Å². The molecule has 0 saturated carbocycles. The first kappa shape index (κ1) is 19.6. The molecule has 1 aromatic carbocycles. The third-order valence-corrected chi connectivity index (χ3v) is 6.35. The molecule has 2 heterocycles. The number of likely N-dealkylation sites (N-methyl/N-ethyl adjacent to an activating group) is 1. The summed E-state index contributed by atoms with van der Waals surface area (Å²) in [6.07, 6.45) is 1.74. The highest BCUT2D eigenvalue weighted by atomic mass is 19.1. The molecule has 3 aliphatic rings. The number of rotatable bonds is 3. The van der Waals surface area contributed by atoms with E-state index in [1.807, 2.05) is 0 Å². The van der Waals surface area contributed by atoms with Crippen LogP contribution in [0.1, 0.15) is 37.7 Å². The zero-order valence-electron chi connectivity index (χ0n) is 16.6. The number of allylic oxidation sites excluding steroid dienone is 1. The number of amides is 1. The van der Waals surface area contributed by atoms with Crippen molar-refractivity contribution in [2.75, 3.05) is 32.7 Å². The van der Waals surface area contributed by atoms with Gasteiger partial charge in [-0.1, -0.05) is 19.1 Å². The van der Waals surface area contributed by atoms with E-state index in [2.05, 4.69) is 23.2 Å². The van der Waals surface area contributed by atoms with Crippen molar-refractivity contribution in [1.29, 1.82) is 5.26 Å². The monoisotopic (exact) mass is 396 g/mol. The predicted molar refractivity (Wildman–Crippen MR) is 105 cm³/mol. The summed E-state index contributed by atoms with van der Waals surface area (Å²) >= 11 is 0. The van der Waals surface area contributed by atoms with Gasteiger partial charge in [-0.3, -0.25) is 9.59 Å². The molecule has 29 heavy (non-hydrogen) atoms. The predicted octanol–water partition coefficient (Wildman–Crippen LogP) is 1.95. The second-order valence-electron chi connectivity index (χ2n) is 7.92. The highest BCUT2D eigenvalue weighted by Crippen LogP contribution is 2.46. The minimum atomic E-state index is -1.57. The molecule has 0 bridgehead atoms.